The predicted octanol–water partition coefficient (Wildman–Crippen LogP) is 3.07. The van der Waals surface area contributed by atoms with E-state index in [1.165, 1.54) is 0 Å². The standard InChI is InChI=1S/C18H21N5O/c1-3-22-11-13(12(2)21-22)18(24)23-10-6-9-16(23)17-19-14-7-4-5-8-15(14)20-17/h4-5,7-8,11,16H,3,6,9-10H2,1-2H3,(H,19,20)/t16-/m0/s1. The largest absolute Gasteiger partial charge is 0.340 e. The van der Waals surface area contributed by atoms with E-state index in [4.69, 9.17) is 4.98 Å². The number of aromatic amines is 1. The van der Waals surface area contributed by atoms with Gasteiger partial charge in [-0.2, -0.15) is 5.10 Å². The third kappa shape index (κ3) is 2.38. The van der Waals surface area contributed by atoms with Gasteiger partial charge in [-0.1, -0.05) is 12.1 Å². The number of hydrogen-bond donors (Lipinski definition) is 1. The predicted molar refractivity (Wildman–Crippen MR) is 91.7 cm³/mol. The highest BCUT2D eigenvalue weighted by atomic mass is 16.2. The third-order valence-electron chi connectivity index (χ3n) is 4.74. The van der Waals surface area contributed by atoms with E-state index < -0.39 is 0 Å². The Morgan fingerprint density at radius 3 is 2.96 bits per heavy atom. The van der Waals surface area contributed by atoms with Gasteiger partial charge in [0.05, 0.1) is 28.3 Å². The van der Waals surface area contributed by atoms with Crippen LogP contribution in [0.1, 0.15) is 47.7 Å². The molecule has 1 saturated heterocycles. The monoisotopic (exact) mass is 323 g/mol. The van der Waals surface area contributed by atoms with Gasteiger partial charge in [0.1, 0.15) is 5.82 Å². The lowest BCUT2D eigenvalue weighted by Gasteiger charge is -2.22. The molecule has 1 atom stereocenters. The smallest absolute Gasteiger partial charge is 0.257 e. The number of carbonyl (C=O) groups excluding carboxylic acids is 1. The molecular formula is C18H21N5O. The summed E-state index contributed by atoms with van der Waals surface area (Å²) in [5.41, 5.74) is 3.44. The molecule has 0 aliphatic carbocycles. The molecule has 4 rings (SSSR count). The van der Waals surface area contributed by atoms with Crippen LogP contribution in [0.3, 0.4) is 0 Å². The Balaban J connectivity index is 1.66. The fraction of sp³-hybridized carbons (Fsp3) is 0.389. The maximum absolute atomic E-state index is 13.0. The van der Waals surface area contributed by atoms with Crippen LogP contribution in [0.4, 0.5) is 0 Å². The molecule has 1 fully saturated rings. The number of benzene rings is 1. The number of imidazole rings is 1. The quantitative estimate of drug-likeness (QED) is 0.805. The van der Waals surface area contributed by atoms with Crippen molar-refractivity contribution in [2.45, 2.75) is 39.3 Å². The lowest BCUT2D eigenvalue weighted by Crippen LogP contribution is -2.31. The molecule has 3 aromatic rings. The van der Waals surface area contributed by atoms with Gasteiger partial charge in [0.2, 0.25) is 0 Å². The van der Waals surface area contributed by atoms with Crippen LogP contribution in [0.5, 0.6) is 0 Å². The number of nitrogens with zero attached hydrogens (tertiary/aromatic N) is 4. The maximum Gasteiger partial charge on any atom is 0.257 e. The Hall–Kier alpha value is -2.63. The molecule has 3 heterocycles. The summed E-state index contributed by atoms with van der Waals surface area (Å²) < 4.78 is 1.81. The lowest BCUT2D eigenvalue weighted by atomic mass is 10.2. The first kappa shape index (κ1) is 14.9. The number of likely N-dealkylation sites (tertiary alicyclic amines) is 1. The molecule has 2 aromatic heterocycles. The van der Waals surface area contributed by atoms with Crippen LogP contribution in [0, 0.1) is 6.92 Å². The zero-order chi connectivity index (χ0) is 16.7. The second-order valence-electron chi connectivity index (χ2n) is 6.28. The number of H-pyrrole nitrogens is 1. The Kier molecular flexibility index (Phi) is 3.59. The summed E-state index contributed by atoms with van der Waals surface area (Å²) in [6, 6.07) is 7.99. The molecule has 1 amide bonds. The van der Waals surface area contributed by atoms with Gasteiger partial charge in [0.15, 0.2) is 0 Å². The van der Waals surface area contributed by atoms with Crippen molar-refractivity contribution < 1.29 is 4.79 Å². The average Bonchev–Trinajstić information content (AvgIpc) is 3.30. The van der Waals surface area contributed by atoms with Gasteiger partial charge >= 0.3 is 0 Å². The molecule has 24 heavy (non-hydrogen) atoms. The van der Waals surface area contributed by atoms with Crippen LogP contribution in [-0.4, -0.2) is 37.1 Å². The summed E-state index contributed by atoms with van der Waals surface area (Å²) in [4.78, 5) is 23.0. The summed E-state index contributed by atoms with van der Waals surface area (Å²) >= 11 is 0. The zero-order valence-corrected chi connectivity index (χ0v) is 14.0. The first-order chi connectivity index (χ1) is 11.7. The fourth-order valence-electron chi connectivity index (χ4n) is 3.47. The van der Waals surface area contributed by atoms with Crippen molar-refractivity contribution in [2.24, 2.45) is 0 Å². The van der Waals surface area contributed by atoms with Crippen molar-refractivity contribution in [2.75, 3.05) is 6.54 Å². The average molecular weight is 323 g/mol. The number of amides is 1. The van der Waals surface area contributed by atoms with E-state index in [1.54, 1.807) is 0 Å². The highest BCUT2D eigenvalue weighted by Crippen LogP contribution is 2.33. The maximum atomic E-state index is 13.0. The Labute approximate surface area is 140 Å². The van der Waals surface area contributed by atoms with Gasteiger partial charge in [0.25, 0.3) is 5.91 Å². The minimum atomic E-state index is 0.00859. The van der Waals surface area contributed by atoms with Gasteiger partial charge in [-0.3, -0.25) is 9.48 Å². The molecule has 6 nitrogen and oxygen atoms in total. The minimum absolute atomic E-state index is 0.00859. The molecule has 1 N–H and O–H groups in total. The number of aryl methyl sites for hydroxylation is 2. The van der Waals surface area contributed by atoms with Gasteiger partial charge in [0, 0.05) is 19.3 Å². The third-order valence-corrected chi connectivity index (χ3v) is 4.74. The summed E-state index contributed by atoms with van der Waals surface area (Å²) in [5.74, 6) is 0.928. The highest BCUT2D eigenvalue weighted by Gasteiger charge is 2.33. The van der Waals surface area contributed by atoms with Crippen molar-refractivity contribution in [1.29, 1.82) is 0 Å². The topological polar surface area (TPSA) is 66.8 Å². The number of carbonyl (C=O) groups is 1. The first-order valence-electron chi connectivity index (χ1n) is 8.47. The van der Waals surface area contributed by atoms with Crippen LogP contribution in [0.15, 0.2) is 30.5 Å². The molecule has 0 bridgehead atoms. The van der Waals surface area contributed by atoms with E-state index in [-0.39, 0.29) is 11.9 Å². The molecule has 6 heteroatoms. The Morgan fingerprint density at radius 1 is 1.38 bits per heavy atom. The highest BCUT2D eigenvalue weighted by molar-refractivity contribution is 5.95. The normalized spacial score (nSPS) is 17.8. The van der Waals surface area contributed by atoms with Crippen LogP contribution in [0.25, 0.3) is 11.0 Å². The lowest BCUT2D eigenvalue weighted by molar-refractivity contribution is 0.0729. The van der Waals surface area contributed by atoms with Crippen molar-refractivity contribution in [3.63, 3.8) is 0 Å². The van der Waals surface area contributed by atoms with Gasteiger partial charge in [-0.25, -0.2) is 4.98 Å². The molecule has 1 aliphatic heterocycles. The van der Waals surface area contributed by atoms with Gasteiger partial charge in [-0.05, 0) is 38.8 Å². The molecule has 0 unspecified atom stereocenters. The van der Waals surface area contributed by atoms with E-state index in [2.05, 4.69) is 10.1 Å². The number of nitrogens with one attached hydrogen (secondary N) is 1. The van der Waals surface area contributed by atoms with Crippen LogP contribution < -0.4 is 0 Å². The van der Waals surface area contributed by atoms with Crippen LogP contribution in [0.2, 0.25) is 0 Å². The van der Waals surface area contributed by atoms with Crippen molar-refractivity contribution in [3.05, 3.63) is 47.5 Å². The Morgan fingerprint density at radius 2 is 2.21 bits per heavy atom. The molecule has 1 aromatic carbocycles. The van der Waals surface area contributed by atoms with E-state index in [0.717, 1.165) is 48.5 Å². The number of fused-ring (bicyclic) bond motifs is 1. The van der Waals surface area contributed by atoms with E-state index in [9.17, 15) is 4.79 Å². The number of aromatic nitrogens is 4. The fourth-order valence-corrected chi connectivity index (χ4v) is 3.47. The Bertz CT molecular complexity index is 861. The van der Waals surface area contributed by atoms with E-state index in [0.29, 0.717) is 5.56 Å². The number of para-hydroxylation sites is 2. The van der Waals surface area contributed by atoms with E-state index >= 15 is 0 Å². The minimum Gasteiger partial charge on any atom is -0.340 e. The van der Waals surface area contributed by atoms with Crippen molar-refractivity contribution in [1.82, 2.24) is 24.6 Å². The summed E-state index contributed by atoms with van der Waals surface area (Å²) in [7, 11) is 0. The molecule has 0 spiro atoms. The van der Waals surface area contributed by atoms with Crippen molar-refractivity contribution in [3.8, 4) is 0 Å². The molecule has 0 saturated carbocycles. The zero-order valence-electron chi connectivity index (χ0n) is 14.0. The molecular weight excluding hydrogens is 302 g/mol. The molecule has 124 valence electrons. The van der Waals surface area contributed by atoms with E-state index in [1.807, 2.05) is 53.9 Å². The number of hydrogen-bond acceptors (Lipinski definition) is 3. The van der Waals surface area contributed by atoms with Gasteiger partial charge in [-0.15, -0.1) is 0 Å². The summed E-state index contributed by atoms with van der Waals surface area (Å²) in [6.07, 6.45) is 3.78. The van der Waals surface area contributed by atoms with Crippen LogP contribution in [-0.2, 0) is 6.54 Å². The first-order valence-corrected chi connectivity index (χ1v) is 8.47. The van der Waals surface area contributed by atoms with Crippen molar-refractivity contribution >= 4 is 16.9 Å². The number of rotatable bonds is 3. The second kappa shape index (κ2) is 5.78. The van der Waals surface area contributed by atoms with Crippen LogP contribution >= 0.6 is 0 Å². The van der Waals surface area contributed by atoms with Gasteiger partial charge < -0.3 is 9.88 Å². The SMILES string of the molecule is CCn1cc(C(=O)N2CCC[C@H]2c2nc3ccccc3[nH]2)c(C)n1. The summed E-state index contributed by atoms with van der Waals surface area (Å²) in [6.45, 7) is 5.44. The summed E-state index contributed by atoms with van der Waals surface area (Å²) in [5, 5.41) is 4.40. The molecule has 0 radical (unpaired) electrons. The second-order valence-corrected chi connectivity index (χ2v) is 6.28. The molecule has 1 aliphatic rings.